The standard InChI is InChI=1S/C15H20N2O3/c1-3-13(16)15(19)17-12-8-5-11(6-9-12)7-10-14(18)20-4-2/h5-10,13H,3-4,16H2,1-2H3,(H,17,19)/t13-/m0/s1. The highest BCUT2D eigenvalue weighted by Gasteiger charge is 2.10. The molecule has 0 radical (unpaired) electrons. The van der Waals surface area contributed by atoms with Crippen molar-refractivity contribution in [3.05, 3.63) is 35.9 Å². The lowest BCUT2D eigenvalue weighted by molar-refractivity contribution is -0.137. The fourth-order valence-electron chi connectivity index (χ4n) is 1.45. The molecule has 5 nitrogen and oxygen atoms in total. The van der Waals surface area contributed by atoms with Gasteiger partial charge in [0.05, 0.1) is 12.6 Å². The molecular weight excluding hydrogens is 256 g/mol. The van der Waals surface area contributed by atoms with Crippen LogP contribution in [-0.4, -0.2) is 24.5 Å². The molecule has 108 valence electrons. The third-order valence-corrected chi connectivity index (χ3v) is 2.65. The number of nitrogens with two attached hydrogens (primary N) is 1. The average molecular weight is 276 g/mol. The molecule has 1 amide bonds. The molecule has 0 aliphatic rings. The number of anilines is 1. The first-order valence-electron chi connectivity index (χ1n) is 6.58. The van der Waals surface area contributed by atoms with Crippen molar-refractivity contribution in [3.8, 4) is 0 Å². The minimum absolute atomic E-state index is 0.206. The fraction of sp³-hybridized carbons (Fsp3) is 0.333. The van der Waals surface area contributed by atoms with Crippen LogP contribution in [0.1, 0.15) is 25.8 Å². The number of esters is 1. The van der Waals surface area contributed by atoms with E-state index in [1.54, 1.807) is 37.3 Å². The van der Waals surface area contributed by atoms with Gasteiger partial charge in [-0.3, -0.25) is 4.79 Å². The van der Waals surface area contributed by atoms with Gasteiger partial charge in [-0.25, -0.2) is 4.79 Å². The zero-order valence-electron chi connectivity index (χ0n) is 11.8. The number of benzene rings is 1. The van der Waals surface area contributed by atoms with Crippen LogP contribution in [0, 0.1) is 0 Å². The van der Waals surface area contributed by atoms with Crippen molar-refractivity contribution < 1.29 is 14.3 Å². The van der Waals surface area contributed by atoms with Crippen LogP contribution < -0.4 is 11.1 Å². The van der Waals surface area contributed by atoms with Crippen LogP contribution in [0.4, 0.5) is 5.69 Å². The summed E-state index contributed by atoms with van der Waals surface area (Å²) < 4.78 is 4.78. The van der Waals surface area contributed by atoms with E-state index in [4.69, 9.17) is 10.5 Å². The van der Waals surface area contributed by atoms with Gasteiger partial charge in [-0.1, -0.05) is 19.1 Å². The van der Waals surface area contributed by atoms with E-state index in [-0.39, 0.29) is 11.9 Å². The lowest BCUT2D eigenvalue weighted by atomic mass is 10.1. The zero-order valence-corrected chi connectivity index (χ0v) is 11.8. The molecule has 1 rings (SSSR count). The van der Waals surface area contributed by atoms with Crippen LogP contribution in [-0.2, 0) is 14.3 Å². The lowest BCUT2D eigenvalue weighted by Gasteiger charge is -2.09. The van der Waals surface area contributed by atoms with E-state index < -0.39 is 6.04 Å². The van der Waals surface area contributed by atoms with Gasteiger partial charge in [-0.2, -0.15) is 0 Å². The van der Waals surface area contributed by atoms with Crippen molar-refractivity contribution in [2.24, 2.45) is 5.73 Å². The maximum atomic E-state index is 11.6. The summed E-state index contributed by atoms with van der Waals surface area (Å²) in [5.41, 5.74) is 7.15. The largest absolute Gasteiger partial charge is 0.463 e. The van der Waals surface area contributed by atoms with E-state index in [1.807, 2.05) is 6.92 Å². The van der Waals surface area contributed by atoms with Crippen molar-refractivity contribution in [2.75, 3.05) is 11.9 Å². The molecule has 0 bridgehead atoms. The van der Waals surface area contributed by atoms with Crippen molar-refractivity contribution in [1.82, 2.24) is 0 Å². The Labute approximate surface area is 118 Å². The molecule has 0 aliphatic carbocycles. The summed E-state index contributed by atoms with van der Waals surface area (Å²) in [5, 5.41) is 2.73. The molecule has 0 heterocycles. The highest BCUT2D eigenvalue weighted by molar-refractivity contribution is 5.94. The van der Waals surface area contributed by atoms with Gasteiger partial charge in [-0.05, 0) is 37.1 Å². The molecule has 0 saturated carbocycles. The average Bonchev–Trinajstić information content (AvgIpc) is 2.46. The molecule has 0 aliphatic heterocycles. The fourth-order valence-corrected chi connectivity index (χ4v) is 1.45. The molecule has 0 fully saturated rings. The van der Waals surface area contributed by atoms with Crippen LogP contribution in [0.3, 0.4) is 0 Å². The molecule has 1 aromatic carbocycles. The number of nitrogens with one attached hydrogen (secondary N) is 1. The van der Waals surface area contributed by atoms with Crippen LogP contribution in [0.15, 0.2) is 30.3 Å². The Morgan fingerprint density at radius 1 is 1.30 bits per heavy atom. The first-order chi connectivity index (χ1) is 9.56. The second kappa shape index (κ2) is 8.12. The van der Waals surface area contributed by atoms with Gasteiger partial charge in [0.15, 0.2) is 0 Å². The third kappa shape index (κ3) is 5.24. The van der Waals surface area contributed by atoms with Gasteiger partial charge in [-0.15, -0.1) is 0 Å². The highest BCUT2D eigenvalue weighted by atomic mass is 16.5. The molecular formula is C15H20N2O3. The Morgan fingerprint density at radius 3 is 2.50 bits per heavy atom. The van der Waals surface area contributed by atoms with Crippen molar-refractivity contribution >= 4 is 23.6 Å². The zero-order chi connectivity index (χ0) is 15.0. The lowest BCUT2D eigenvalue weighted by Crippen LogP contribution is -2.34. The van der Waals surface area contributed by atoms with Crippen LogP contribution in [0.25, 0.3) is 6.08 Å². The Bertz CT molecular complexity index is 480. The van der Waals surface area contributed by atoms with E-state index in [9.17, 15) is 9.59 Å². The molecule has 0 saturated heterocycles. The summed E-state index contributed by atoms with van der Waals surface area (Å²) in [6.07, 6.45) is 3.61. The molecule has 0 spiro atoms. The molecule has 0 unspecified atom stereocenters. The Kier molecular flexibility index (Phi) is 6.46. The molecule has 20 heavy (non-hydrogen) atoms. The van der Waals surface area contributed by atoms with E-state index in [1.165, 1.54) is 6.08 Å². The summed E-state index contributed by atoms with van der Waals surface area (Å²) in [6, 6.07) is 6.60. The van der Waals surface area contributed by atoms with Crippen molar-refractivity contribution in [1.29, 1.82) is 0 Å². The van der Waals surface area contributed by atoms with Crippen LogP contribution in [0.2, 0.25) is 0 Å². The Balaban J connectivity index is 2.60. The number of rotatable bonds is 6. The summed E-state index contributed by atoms with van der Waals surface area (Å²) in [7, 11) is 0. The monoisotopic (exact) mass is 276 g/mol. The molecule has 1 atom stereocenters. The smallest absolute Gasteiger partial charge is 0.330 e. The Morgan fingerprint density at radius 2 is 1.95 bits per heavy atom. The third-order valence-electron chi connectivity index (χ3n) is 2.65. The first-order valence-corrected chi connectivity index (χ1v) is 6.58. The number of carbonyl (C=O) groups is 2. The highest BCUT2D eigenvalue weighted by Crippen LogP contribution is 2.11. The minimum atomic E-state index is -0.501. The Hall–Kier alpha value is -2.14. The molecule has 1 aromatic rings. The van der Waals surface area contributed by atoms with E-state index in [0.717, 1.165) is 5.56 Å². The number of ether oxygens (including phenoxy) is 1. The molecule has 3 N–H and O–H groups in total. The second-order valence-corrected chi connectivity index (χ2v) is 4.21. The molecule has 5 heteroatoms. The van der Waals surface area contributed by atoms with Gasteiger partial charge >= 0.3 is 5.97 Å². The van der Waals surface area contributed by atoms with Gasteiger partial charge in [0.1, 0.15) is 0 Å². The molecule has 0 aromatic heterocycles. The van der Waals surface area contributed by atoms with Crippen LogP contribution >= 0.6 is 0 Å². The summed E-state index contributed by atoms with van der Waals surface area (Å²) in [5.74, 6) is -0.582. The predicted molar refractivity (Wildman–Crippen MR) is 79.0 cm³/mol. The summed E-state index contributed by atoms with van der Waals surface area (Å²) in [6.45, 7) is 3.96. The SMILES string of the molecule is CCOC(=O)C=Cc1ccc(NC(=O)[C@@H](N)CC)cc1. The topological polar surface area (TPSA) is 81.4 Å². The van der Waals surface area contributed by atoms with E-state index >= 15 is 0 Å². The van der Waals surface area contributed by atoms with Crippen LogP contribution in [0.5, 0.6) is 0 Å². The second-order valence-electron chi connectivity index (χ2n) is 4.21. The van der Waals surface area contributed by atoms with Gasteiger partial charge in [0.25, 0.3) is 0 Å². The van der Waals surface area contributed by atoms with E-state index in [2.05, 4.69) is 5.32 Å². The van der Waals surface area contributed by atoms with E-state index in [0.29, 0.717) is 18.7 Å². The summed E-state index contributed by atoms with van der Waals surface area (Å²) >= 11 is 0. The van der Waals surface area contributed by atoms with Gasteiger partial charge in [0.2, 0.25) is 5.91 Å². The summed E-state index contributed by atoms with van der Waals surface area (Å²) in [4.78, 5) is 22.8. The normalized spacial score (nSPS) is 12.2. The number of amides is 1. The number of hydrogen-bond acceptors (Lipinski definition) is 4. The predicted octanol–water partition coefficient (Wildman–Crippen LogP) is 1.94. The van der Waals surface area contributed by atoms with Crippen molar-refractivity contribution in [2.45, 2.75) is 26.3 Å². The van der Waals surface area contributed by atoms with Gasteiger partial charge < -0.3 is 15.8 Å². The number of hydrogen-bond donors (Lipinski definition) is 2. The maximum absolute atomic E-state index is 11.6. The number of carbonyl (C=O) groups excluding carboxylic acids is 2. The first kappa shape index (κ1) is 15.9. The quantitative estimate of drug-likeness (QED) is 0.614. The minimum Gasteiger partial charge on any atom is -0.463 e. The maximum Gasteiger partial charge on any atom is 0.330 e. The van der Waals surface area contributed by atoms with Gasteiger partial charge in [0, 0.05) is 11.8 Å². The van der Waals surface area contributed by atoms with Crippen molar-refractivity contribution in [3.63, 3.8) is 0 Å².